The van der Waals surface area contributed by atoms with Crippen LogP contribution in [0.4, 0.5) is 23.7 Å². The third-order valence-corrected chi connectivity index (χ3v) is 3.50. The van der Waals surface area contributed by atoms with Crippen LogP contribution in [0.25, 0.3) is 0 Å². The van der Waals surface area contributed by atoms with Crippen molar-refractivity contribution >= 4 is 49.5 Å². The Balaban J connectivity index is 2.93. The van der Waals surface area contributed by atoms with Crippen LogP contribution in [0.5, 0.6) is 0 Å². The molecule has 0 aliphatic heterocycles. The zero-order chi connectivity index (χ0) is 16.2. The third kappa shape index (κ3) is 5.92. The Hall–Kier alpha value is -1.29. The van der Waals surface area contributed by atoms with E-state index in [1.807, 2.05) is 0 Å². The second kappa shape index (κ2) is 7.12. The molecule has 1 aromatic carbocycles. The largest absolute Gasteiger partial charge is 0.480 e. The van der Waals surface area contributed by atoms with Gasteiger partial charge in [-0.1, -0.05) is 6.07 Å². The third-order valence-electron chi connectivity index (χ3n) is 2.18. The zero-order valence-electron chi connectivity index (χ0n) is 10.2. The molecule has 2 N–H and O–H groups in total. The molecule has 0 aromatic heterocycles. The van der Waals surface area contributed by atoms with Crippen molar-refractivity contribution in [1.82, 2.24) is 4.90 Å². The molecule has 21 heavy (non-hydrogen) atoms. The Labute approximate surface area is 134 Å². The van der Waals surface area contributed by atoms with Gasteiger partial charge in [-0.2, -0.15) is 13.2 Å². The van der Waals surface area contributed by atoms with E-state index in [4.69, 9.17) is 5.11 Å². The first-order valence-corrected chi connectivity index (χ1v) is 6.97. The minimum atomic E-state index is -4.70. The number of nitrogens with zero attached hydrogens (tertiary/aromatic N) is 1. The van der Waals surface area contributed by atoms with Crippen LogP contribution in [-0.2, 0) is 4.79 Å². The molecule has 116 valence electrons. The molecule has 0 aliphatic carbocycles. The number of carbonyl (C=O) groups is 2. The lowest BCUT2D eigenvalue weighted by atomic mass is 10.3. The van der Waals surface area contributed by atoms with E-state index in [1.54, 1.807) is 18.2 Å². The number of hydrogen-bond acceptors (Lipinski definition) is 2. The second-order valence-electron chi connectivity index (χ2n) is 3.89. The minimum absolute atomic E-state index is 0.161. The van der Waals surface area contributed by atoms with Crippen LogP contribution in [0, 0.1) is 0 Å². The van der Waals surface area contributed by atoms with Crippen LogP contribution in [0.3, 0.4) is 0 Å². The molecule has 0 unspecified atom stereocenters. The number of nitrogens with one attached hydrogen (secondary N) is 1. The number of hydrogen-bond donors (Lipinski definition) is 2. The van der Waals surface area contributed by atoms with Gasteiger partial charge < -0.3 is 15.3 Å². The molecule has 0 bridgehead atoms. The summed E-state index contributed by atoms with van der Waals surface area (Å²) in [6.07, 6.45) is -4.70. The lowest BCUT2D eigenvalue weighted by molar-refractivity contribution is -0.148. The number of amides is 2. The van der Waals surface area contributed by atoms with Gasteiger partial charge in [-0.15, -0.1) is 0 Å². The predicted molar refractivity (Wildman–Crippen MR) is 76.1 cm³/mol. The number of urea groups is 1. The highest BCUT2D eigenvalue weighted by atomic mass is 79.9. The standard InChI is InChI=1S/C11H9Br2F3N2O3/c12-6-2-1-3-7(13)9(6)17-10(21)18(4-8(19)20)5-11(14,15)16/h1-3H,4-5H2,(H,17,21)(H,19,20). The van der Waals surface area contributed by atoms with E-state index < -0.39 is 31.3 Å². The number of para-hydroxylation sites is 1. The number of alkyl halides is 3. The molecular formula is C11H9Br2F3N2O3. The summed E-state index contributed by atoms with van der Waals surface area (Å²) >= 11 is 6.27. The lowest BCUT2D eigenvalue weighted by Gasteiger charge is -2.23. The van der Waals surface area contributed by atoms with E-state index >= 15 is 0 Å². The van der Waals surface area contributed by atoms with Crippen molar-refractivity contribution in [2.24, 2.45) is 0 Å². The molecule has 0 atom stereocenters. The van der Waals surface area contributed by atoms with E-state index in [-0.39, 0.29) is 10.6 Å². The summed E-state index contributed by atoms with van der Waals surface area (Å²) in [5.41, 5.74) is 0.208. The van der Waals surface area contributed by atoms with Crippen LogP contribution in [0.15, 0.2) is 27.1 Å². The van der Waals surface area contributed by atoms with Crippen molar-refractivity contribution in [2.45, 2.75) is 6.18 Å². The van der Waals surface area contributed by atoms with E-state index in [0.29, 0.717) is 8.95 Å². The van der Waals surface area contributed by atoms with Crippen LogP contribution >= 0.6 is 31.9 Å². The number of anilines is 1. The van der Waals surface area contributed by atoms with E-state index in [1.165, 1.54) is 0 Å². The molecule has 1 aromatic rings. The first-order chi connectivity index (χ1) is 9.60. The molecule has 0 spiro atoms. The van der Waals surface area contributed by atoms with Crippen molar-refractivity contribution in [3.05, 3.63) is 27.1 Å². The molecule has 0 aliphatic rings. The maximum atomic E-state index is 12.4. The molecule has 0 radical (unpaired) electrons. The molecule has 0 saturated heterocycles. The maximum Gasteiger partial charge on any atom is 0.406 e. The topological polar surface area (TPSA) is 69.6 Å². The number of carbonyl (C=O) groups excluding carboxylic acids is 1. The van der Waals surface area contributed by atoms with E-state index in [0.717, 1.165) is 0 Å². The summed E-state index contributed by atoms with van der Waals surface area (Å²) in [6, 6.07) is 3.63. The van der Waals surface area contributed by atoms with Gasteiger partial charge in [0.05, 0.1) is 5.69 Å². The lowest BCUT2D eigenvalue weighted by Crippen LogP contribution is -2.44. The predicted octanol–water partition coefficient (Wildman–Crippen LogP) is 3.69. The van der Waals surface area contributed by atoms with Crippen molar-refractivity contribution < 1.29 is 27.9 Å². The Bertz CT molecular complexity index is 532. The fraction of sp³-hybridized carbons (Fsp3) is 0.273. The van der Waals surface area contributed by atoms with Crippen LogP contribution < -0.4 is 5.32 Å². The van der Waals surface area contributed by atoms with Gasteiger partial charge in [0.25, 0.3) is 0 Å². The van der Waals surface area contributed by atoms with E-state index in [2.05, 4.69) is 37.2 Å². The number of aliphatic carboxylic acids is 1. The number of benzene rings is 1. The quantitative estimate of drug-likeness (QED) is 0.760. The first kappa shape index (κ1) is 17.8. The highest BCUT2D eigenvalue weighted by molar-refractivity contribution is 9.11. The monoisotopic (exact) mass is 432 g/mol. The minimum Gasteiger partial charge on any atom is -0.480 e. The molecule has 10 heteroatoms. The van der Waals surface area contributed by atoms with Crippen molar-refractivity contribution in [3.63, 3.8) is 0 Å². The number of rotatable bonds is 4. The number of carboxylic acids is 1. The molecular weight excluding hydrogens is 425 g/mol. The molecule has 1 rings (SSSR count). The Morgan fingerprint density at radius 2 is 1.76 bits per heavy atom. The molecule has 2 amide bonds. The van der Waals surface area contributed by atoms with Crippen LogP contribution in [0.1, 0.15) is 0 Å². The van der Waals surface area contributed by atoms with Gasteiger partial charge in [0, 0.05) is 8.95 Å². The van der Waals surface area contributed by atoms with Crippen LogP contribution in [-0.4, -0.2) is 41.3 Å². The van der Waals surface area contributed by atoms with E-state index in [9.17, 15) is 22.8 Å². The van der Waals surface area contributed by atoms with Gasteiger partial charge >= 0.3 is 18.2 Å². The molecule has 5 nitrogen and oxygen atoms in total. The van der Waals surface area contributed by atoms with Crippen LogP contribution in [0.2, 0.25) is 0 Å². The molecule has 0 heterocycles. The highest BCUT2D eigenvalue weighted by Gasteiger charge is 2.34. The maximum absolute atomic E-state index is 12.4. The molecule has 0 saturated carbocycles. The summed E-state index contributed by atoms with van der Waals surface area (Å²) in [6.45, 7) is -2.72. The number of halogens is 5. The Morgan fingerprint density at radius 1 is 1.24 bits per heavy atom. The second-order valence-corrected chi connectivity index (χ2v) is 5.60. The summed E-state index contributed by atoms with van der Waals surface area (Å²) in [5.74, 6) is -1.54. The fourth-order valence-corrected chi connectivity index (χ4v) is 2.58. The molecule has 0 fully saturated rings. The Kier molecular flexibility index (Phi) is 6.02. The van der Waals surface area contributed by atoms with Gasteiger partial charge in [0.2, 0.25) is 0 Å². The van der Waals surface area contributed by atoms with Gasteiger partial charge in [-0.05, 0) is 44.0 Å². The first-order valence-electron chi connectivity index (χ1n) is 5.38. The van der Waals surface area contributed by atoms with Crippen molar-refractivity contribution in [1.29, 1.82) is 0 Å². The van der Waals surface area contributed by atoms with Gasteiger partial charge in [0.1, 0.15) is 13.1 Å². The summed E-state index contributed by atoms with van der Waals surface area (Å²) in [4.78, 5) is 22.6. The average Bonchev–Trinajstić information content (AvgIpc) is 2.30. The number of carboxylic acid groups (broad SMARTS) is 1. The highest BCUT2D eigenvalue weighted by Crippen LogP contribution is 2.31. The summed E-state index contributed by atoms with van der Waals surface area (Å²) in [7, 11) is 0. The average molecular weight is 434 g/mol. The SMILES string of the molecule is O=C(O)CN(CC(F)(F)F)C(=O)Nc1c(Br)cccc1Br. The summed E-state index contributed by atoms with van der Waals surface area (Å²) < 4.78 is 38.0. The van der Waals surface area contributed by atoms with Crippen molar-refractivity contribution in [3.8, 4) is 0 Å². The zero-order valence-corrected chi connectivity index (χ0v) is 13.4. The smallest absolute Gasteiger partial charge is 0.406 e. The summed E-state index contributed by atoms with van der Waals surface area (Å²) in [5, 5.41) is 10.8. The van der Waals surface area contributed by atoms with Crippen molar-refractivity contribution in [2.75, 3.05) is 18.4 Å². The fourth-order valence-electron chi connectivity index (χ4n) is 1.38. The Morgan fingerprint density at radius 3 is 2.19 bits per heavy atom. The normalized spacial score (nSPS) is 11.1. The van der Waals surface area contributed by atoms with Gasteiger partial charge in [-0.3, -0.25) is 4.79 Å². The van der Waals surface area contributed by atoms with Gasteiger partial charge in [-0.25, -0.2) is 4.79 Å². The van der Waals surface area contributed by atoms with Gasteiger partial charge in [0.15, 0.2) is 0 Å².